The van der Waals surface area contributed by atoms with Gasteiger partial charge in [0.2, 0.25) is 12.7 Å². The molecule has 0 bridgehead atoms. The Labute approximate surface area is 860 Å². The summed E-state index contributed by atoms with van der Waals surface area (Å²) in [6, 6.07) is 54.1. The number of ether oxygens (including phenoxy) is 6. The second-order valence-corrected chi connectivity index (χ2v) is 36.5. The molecule has 0 aromatic heterocycles. The van der Waals surface area contributed by atoms with Crippen LogP contribution >= 0.6 is 0 Å². The average molecular weight is 2050 g/mol. The Kier molecular flexibility index (Phi) is 53.9. The number of carbonyl (C=O) groups is 2. The number of carbonyl (C=O) groups excluding carboxylic acids is 1. The van der Waals surface area contributed by atoms with Crippen LogP contribution < -0.4 is 63.3 Å². The standard InChI is InChI=1S/C26H38N2O3.C22H38N2O.C15H16N2O2.C13H17N3O4.C13H18N2O.C12H16N2O2.C9H4F6N2O3/c1-5-6-7-8-9-10-17-28(18-19-31-24-14-12-23(30-4)13-15-24)22-11-16-26(27-29)25(20-22)21(2)3;1-3-5-7-9-11-13-19-24(20-14-12-10-8-6-4-2)22-17-15-21(23-25)16-18-22;1-3-17(12-7-5-4-6-8-12)13-9-10-14(16-18)15(11-13)19-2;1-3-16(7-6-13(18)19)10-4-5-11(15-20)12(8-10)14-9(2)17;1-9-8-13(2,3)15(4)12-6-5-10(14-16)7-11(9)12;1-16-8-7-14-6-2-3-10-9-11(13-15)4-5-12(10)14;10-8(11,12)17(9(13,14)15)5-2-1-4(16-18)6-7(5)20-3-19-6/h11-16,20-21H,5-10,17-19H2,1-4H3;15-18H,3-14,19-20H2,1-2H3;4-11H,3H2,1-2H3;4-5,8H,3,6-7H2,1-2H3,(H,14,17)(H,18,19);5-7,9H,8H2,1-4H3;4-5,9H,2-3,6-8H2,1H3;1-2H,3H2. The van der Waals surface area contributed by atoms with Crippen LogP contribution in [-0.4, -0.2) is 142 Å². The van der Waals surface area contributed by atoms with Crippen LogP contribution in [0.1, 0.15) is 240 Å². The van der Waals surface area contributed by atoms with Crippen LogP contribution in [0, 0.1) is 34.3 Å². The van der Waals surface area contributed by atoms with Gasteiger partial charge in [-0.3, -0.25) is 9.59 Å². The summed E-state index contributed by atoms with van der Waals surface area (Å²) in [5, 5.41) is 31.7. The van der Waals surface area contributed by atoms with E-state index in [0.717, 1.165) is 118 Å². The Morgan fingerprint density at radius 3 is 1.52 bits per heavy atom. The van der Waals surface area contributed by atoms with Crippen molar-refractivity contribution in [3.63, 3.8) is 0 Å². The van der Waals surface area contributed by atoms with Crippen molar-refractivity contribution in [2.75, 3.05) is 147 Å². The number of unbranched alkanes of at least 4 members (excludes halogenated alkanes) is 15. The second-order valence-electron chi connectivity index (χ2n) is 36.5. The van der Waals surface area contributed by atoms with Gasteiger partial charge in [0.05, 0.1) is 45.2 Å². The Balaban J connectivity index is 0.000000265. The minimum Gasteiger partial charge on any atom is -0.497 e. The first-order valence-electron chi connectivity index (χ1n) is 50.5. The zero-order chi connectivity index (χ0) is 108. The molecule has 147 heavy (non-hydrogen) atoms. The number of carboxylic acids is 1. The van der Waals surface area contributed by atoms with Crippen LogP contribution in [-0.2, 0) is 20.7 Å². The van der Waals surface area contributed by atoms with E-state index in [2.05, 4.69) is 151 Å². The number of fused-ring (bicyclic) bond motifs is 3. The summed E-state index contributed by atoms with van der Waals surface area (Å²) in [7, 11) is 7.02. The van der Waals surface area contributed by atoms with Crippen molar-refractivity contribution in [3.05, 3.63) is 233 Å². The van der Waals surface area contributed by atoms with Gasteiger partial charge in [-0.05, 0) is 289 Å². The molecule has 0 radical (unpaired) electrons. The Bertz CT molecular complexity index is 5470. The first kappa shape index (κ1) is 122. The monoisotopic (exact) mass is 2050 g/mol. The Morgan fingerprint density at radius 2 is 1.01 bits per heavy atom. The van der Waals surface area contributed by atoms with Crippen LogP contribution in [0.4, 0.5) is 117 Å². The third-order valence-corrected chi connectivity index (χ3v) is 25.1. The molecule has 3 aliphatic heterocycles. The number of para-hydroxylation sites is 1. The zero-order valence-electron chi connectivity index (χ0n) is 87.6. The van der Waals surface area contributed by atoms with Crippen molar-refractivity contribution in [1.82, 2.24) is 0 Å². The van der Waals surface area contributed by atoms with Crippen LogP contribution in [0.5, 0.6) is 28.7 Å². The number of anilines is 9. The lowest BCUT2D eigenvalue weighted by Gasteiger charge is -2.45. The predicted molar refractivity (Wildman–Crippen MR) is 579 cm³/mol. The second kappa shape index (κ2) is 65.0. The van der Waals surface area contributed by atoms with Crippen molar-refractivity contribution in [1.29, 1.82) is 0 Å². The van der Waals surface area contributed by atoms with Gasteiger partial charge >= 0.3 is 18.6 Å². The number of benzene rings is 9. The molecule has 0 saturated carbocycles. The smallest absolute Gasteiger partial charge is 0.491 e. The highest BCUT2D eigenvalue weighted by atomic mass is 19.4. The van der Waals surface area contributed by atoms with Crippen molar-refractivity contribution < 1.29 is 69.5 Å². The number of halogens is 6. The SMILES string of the molecule is CC1CC(C)(C)N(C)c2ccc(N=O)cc21.CCCCCCCCN(CCCCCCCC)c1ccc(N=O)cc1.CCCCCCCCN(CCOc1ccc(OC)cc1)c1ccc(N=O)c(C(C)C)c1.CCN(CCC(=O)O)c1ccc(N=O)c(NC(C)=O)c1.CCN(c1ccccc1)c1ccc(N=O)c(OC)c1.COCCN1CCCc2cc(N=O)ccc21.O=Nc1ccc(N(C(F)(F)F)C(F)(F)F)c2c1OCO2. The maximum atomic E-state index is 12.6. The first-order valence-corrected chi connectivity index (χ1v) is 50.5. The minimum atomic E-state index is -5.73. The molecule has 9 aromatic rings. The van der Waals surface area contributed by atoms with Crippen LogP contribution in [0.3, 0.4) is 0 Å². The molecule has 1 unspecified atom stereocenters. The Morgan fingerprint density at radius 1 is 0.503 bits per heavy atom. The lowest BCUT2D eigenvalue weighted by atomic mass is 9.80. The summed E-state index contributed by atoms with van der Waals surface area (Å²) in [6.45, 7) is 31.4. The summed E-state index contributed by atoms with van der Waals surface area (Å²) < 4.78 is 106. The molecule has 800 valence electrons. The van der Waals surface area contributed by atoms with E-state index in [0.29, 0.717) is 77.6 Å². The fourth-order valence-corrected chi connectivity index (χ4v) is 17.2. The summed E-state index contributed by atoms with van der Waals surface area (Å²) in [5.41, 5.74) is 12.3. The van der Waals surface area contributed by atoms with E-state index in [-0.39, 0.29) is 29.5 Å². The molecule has 1 amide bonds. The summed E-state index contributed by atoms with van der Waals surface area (Å²) >= 11 is 0. The molecule has 31 nitrogen and oxygen atoms in total. The third-order valence-electron chi connectivity index (χ3n) is 25.1. The van der Waals surface area contributed by atoms with Gasteiger partial charge in [0.1, 0.15) is 58.0 Å². The van der Waals surface area contributed by atoms with E-state index in [9.17, 15) is 70.3 Å². The van der Waals surface area contributed by atoms with Gasteiger partial charge in [0.25, 0.3) is 0 Å². The quantitative estimate of drug-likeness (QED) is 0.0155. The van der Waals surface area contributed by atoms with E-state index in [1.54, 1.807) is 44.6 Å². The van der Waals surface area contributed by atoms with Gasteiger partial charge in [-0.1, -0.05) is 156 Å². The zero-order valence-corrected chi connectivity index (χ0v) is 87.6. The van der Waals surface area contributed by atoms with Crippen molar-refractivity contribution in [2.24, 2.45) is 36.2 Å². The van der Waals surface area contributed by atoms with Crippen molar-refractivity contribution in [3.8, 4) is 28.7 Å². The van der Waals surface area contributed by atoms with Crippen molar-refractivity contribution in [2.45, 2.75) is 247 Å². The molecular formula is C110H147F6N15O16. The summed E-state index contributed by atoms with van der Waals surface area (Å²) in [5.74, 6) is 0.291. The highest BCUT2D eigenvalue weighted by Gasteiger charge is 2.56. The van der Waals surface area contributed by atoms with Gasteiger partial charge in [0.15, 0.2) is 17.2 Å². The van der Waals surface area contributed by atoms with E-state index in [1.165, 1.54) is 157 Å². The molecule has 37 heteroatoms. The fourth-order valence-electron chi connectivity index (χ4n) is 17.2. The average Bonchev–Trinajstić information content (AvgIpc) is 1.73. The number of alkyl halides is 6. The fraction of sp³-hybridized carbons (Fsp3) is 0.491. The first-order chi connectivity index (χ1) is 70.6. The number of amides is 1. The maximum absolute atomic E-state index is 12.6. The molecule has 1 atom stereocenters. The largest absolute Gasteiger partial charge is 0.497 e. The lowest BCUT2D eigenvalue weighted by Crippen LogP contribution is -2.48. The number of aliphatic carboxylic acids is 1. The molecule has 0 spiro atoms. The number of methoxy groups -OCH3 is 3. The number of nitroso groups, excluding NO2 is 7. The van der Waals surface area contributed by atoms with E-state index < -0.39 is 53.1 Å². The molecule has 0 fully saturated rings. The number of hydrogen-bond donors (Lipinski definition) is 2. The molecule has 12 rings (SSSR count). The minimum absolute atomic E-state index is 0.0109. The Hall–Kier alpha value is -13.7. The van der Waals surface area contributed by atoms with Crippen LogP contribution in [0.15, 0.2) is 218 Å². The third kappa shape index (κ3) is 40.2. The van der Waals surface area contributed by atoms with E-state index >= 15 is 0 Å². The number of nitrogens with zero attached hydrogens (tertiary/aromatic N) is 14. The van der Waals surface area contributed by atoms with E-state index in [4.69, 9.17) is 24.1 Å². The van der Waals surface area contributed by atoms with Gasteiger partial charge < -0.3 is 68.2 Å². The number of aryl methyl sites for hydroxylation is 1. The lowest BCUT2D eigenvalue weighted by molar-refractivity contribution is -0.227. The van der Waals surface area contributed by atoms with Crippen LogP contribution in [0.25, 0.3) is 0 Å². The molecular weight excluding hydrogens is 1900 g/mol. The number of carboxylic acid groups (broad SMARTS) is 1. The van der Waals surface area contributed by atoms with Gasteiger partial charge in [0, 0.05) is 125 Å². The highest BCUT2D eigenvalue weighted by Crippen LogP contribution is 2.53. The number of rotatable bonds is 50. The molecule has 0 aliphatic carbocycles. The molecule has 0 saturated heterocycles. The summed E-state index contributed by atoms with van der Waals surface area (Å²) in [6.07, 6.45) is 15.3. The normalized spacial score (nSPS) is 12.8. The van der Waals surface area contributed by atoms with E-state index in [1.807, 2.05) is 139 Å². The summed E-state index contributed by atoms with van der Waals surface area (Å²) in [4.78, 5) is 108. The number of hydrogen-bond acceptors (Lipinski definition) is 29. The molecule has 2 N–H and O–H groups in total. The maximum Gasteiger partial charge on any atom is 0.491 e. The van der Waals surface area contributed by atoms with Crippen LogP contribution in [0.2, 0.25) is 0 Å². The topological polar surface area (TPSA) is 350 Å². The van der Waals surface area contributed by atoms with Crippen molar-refractivity contribution >= 4 is 103 Å². The molecule has 9 aromatic carbocycles. The van der Waals surface area contributed by atoms with Gasteiger partial charge in [-0.2, -0.15) is 4.90 Å². The molecule has 3 heterocycles. The van der Waals surface area contributed by atoms with Gasteiger partial charge in [-0.25, -0.2) is 0 Å². The molecule has 3 aliphatic rings. The highest BCUT2D eigenvalue weighted by molar-refractivity contribution is 5.93. The van der Waals surface area contributed by atoms with Gasteiger partial charge in [-0.15, -0.1) is 60.7 Å². The number of nitrogens with one attached hydrogen (secondary N) is 1. The predicted octanol–water partition coefficient (Wildman–Crippen LogP) is 31.6.